The summed E-state index contributed by atoms with van der Waals surface area (Å²) in [6.45, 7) is 2.99. The average molecular weight is 409 g/mol. The lowest BCUT2D eigenvalue weighted by Crippen LogP contribution is -2.07. The van der Waals surface area contributed by atoms with Gasteiger partial charge < -0.3 is 4.74 Å². The SMILES string of the molecule is CCCCCCCCOc1ccc(C=CC(=O)Nc2nc3ccccc3s2)cc1. The molecule has 2 aromatic carbocycles. The minimum Gasteiger partial charge on any atom is -0.494 e. The Hall–Kier alpha value is -2.66. The molecule has 29 heavy (non-hydrogen) atoms. The lowest BCUT2D eigenvalue weighted by atomic mass is 10.1. The van der Waals surface area contributed by atoms with E-state index in [1.807, 2.05) is 48.5 Å². The quantitative estimate of drug-likeness (QED) is 0.284. The van der Waals surface area contributed by atoms with Crippen molar-refractivity contribution in [2.24, 2.45) is 0 Å². The van der Waals surface area contributed by atoms with Crippen LogP contribution in [0, 0.1) is 0 Å². The molecule has 1 N–H and O–H groups in total. The number of amides is 1. The number of unbranched alkanes of at least 4 members (excludes halogenated alkanes) is 5. The molecule has 1 aromatic heterocycles. The number of para-hydroxylation sites is 1. The molecule has 0 radical (unpaired) electrons. The van der Waals surface area contributed by atoms with Crippen molar-refractivity contribution in [1.82, 2.24) is 4.98 Å². The molecular weight excluding hydrogens is 380 g/mol. The monoisotopic (exact) mass is 408 g/mol. The van der Waals surface area contributed by atoms with Crippen LogP contribution in [0.4, 0.5) is 5.13 Å². The third kappa shape index (κ3) is 7.02. The molecular formula is C24H28N2O2S. The Labute approximate surface area is 176 Å². The van der Waals surface area contributed by atoms with Crippen LogP contribution in [0.15, 0.2) is 54.6 Å². The second-order valence-corrected chi connectivity index (χ2v) is 8.03. The molecule has 3 rings (SSSR count). The van der Waals surface area contributed by atoms with E-state index in [0.717, 1.165) is 34.6 Å². The number of fused-ring (bicyclic) bond motifs is 1. The van der Waals surface area contributed by atoms with E-state index < -0.39 is 0 Å². The van der Waals surface area contributed by atoms with E-state index in [2.05, 4.69) is 17.2 Å². The number of rotatable bonds is 11. The Morgan fingerprint density at radius 1 is 1.03 bits per heavy atom. The van der Waals surface area contributed by atoms with E-state index in [1.54, 1.807) is 6.08 Å². The number of benzene rings is 2. The first kappa shape index (κ1) is 21.1. The van der Waals surface area contributed by atoms with Gasteiger partial charge in [-0.05, 0) is 42.3 Å². The van der Waals surface area contributed by atoms with Gasteiger partial charge in [0.25, 0.3) is 0 Å². The van der Waals surface area contributed by atoms with Crippen LogP contribution >= 0.6 is 11.3 Å². The number of nitrogens with one attached hydrogen (secondary N) is 1. The molecule has 0 atom stereocenters. The number of thiazole rings is 1. The molecule has 0 unspecified atom stereocenters. The van der Waals surface area contributed by atoms with Crippen LogP contribution in [0.1, 0.15) is 51.0 Å². The number of aromatic nitrogens is 1. The molecule has 3 aromatic rings. The van der Waals surface area contributed by atoms with Crippen molar-refractivity contribution < 1.29 is 9.53 Å². The fourth-order valence-electron chi connectivity index (χ4n) is 2.99. The molecule has 0 aliphatic carbocycles. The van der Waals surface area contributed by atoms with Gasteiger partial charge in [-0.25, -0.2) is 4.98 Å². The Morgan fingerprint density at radius 2 is 1.79 bits per heavy atom. The largest absolute Gasteiger partial charge is 0.494 e. The molecule has 0 aliphatic rings. The van der Waals surface area contributed by atoms with Crippen LogP contribution in [0.25, 0.3) is 16.3 Å². The van der Waals surface area contributed by atoms with E-state index in [9.17, 15) is 4.79 Å². The van der Waals surface area contributed by atoms with Crippen molar-refractivity contribution in [1.29, 1.82) is 0 Å². The molecule has 0 saturated carbocycles. The Balaban J connectivity index is 1.41. The number of hydrogen-bond donors (Lipinski definition) is 1. The zero-order valence-electron chi connectivity index (χ0n) is 16.9. The molecule has 0 bridgehead atoms. The molecule has 152 valence electrons. The molecule has 0 fully saturated rings. The van der Waals surface area contributed by atoms with Crippen molar-refractivity contribution in [3.63, 3.8) is 0 Å². The van der Waals surface area contributed by atoms with Gasteiger partial charge in [-0.3, -0.25) is 10.1 Å². The van der Waals surface area contributed by atoms with Crippen molar-refractivity contribution in [2.45, 2.75) is 45.4 Å². The first-order valence-electron chi connectivity index (χ1n) is 10.3. The van der Waals surface area contributed by atoms with E-state index in [-0.39, 0.29) is 5.91 Å². The number of ether oxygens (including phenoxy) is 1. The van der Waals surface area contributed by atoms with Crippen molar-refractivity contribution in [3.05, 3.63) is 60.2 Å². The zero-order chi connectivity index (χ0) is 20.3. The van der Waals surface area contributed by atoms with Crippen molar-refractivity contribution in [2.75, 3.05) is 11.9 Å². The van der Waals surface area contributed by atoms with Crippen LogP contribution in [-0.2, 0) is 4.79 Å². The molecule has 1 amide bonds. The highest BCUT2D eigenvalue weighted by molar-refractivity contribution is 7.22. The standard InChI is InChI=1S/C24H28N2O2S/c1-2-3-4-5-6-9-18-28-20-15-12-19(13-16-20)14-17-23(27)26-24-25-21-10-7-8-11-22(21)29-24/h7-8,10-17H,2-6,9,18H2,1H3,(H,25,26,27). The van der Waals surface area contributed by atoms with E-state index in [1.165, 1.54) is 49.5 Å². The highest BCUT2D eigenvalue weighted by atomic mass is 32.1. The third-order valence-corrected chi connectivity index (χ3v) is 5.55. The van der Waals surface area contributed by atoms with Gasteiger partial charge >= 0.3 is 0 Å². The third-order valence-electron chi connectivity index (χ3n) is 4.60. The molecule has 0 saturated heterocycles. The summed E-state index contributed by atoms with van der Waals surface area (Å²) >= 11 is 1.47. The Kier molecular flexibility index (Phi) is 8.25. The summed E-state index contributed by atoms with van der Waals surface area (Å²) in [4.78, 5) is 16.6. The van der Waals surface area contributed by atoms with Crippen LogP contribution in [0.5, 0.6) is 5.75 Å². The maximum atomic E-state index is 12.1. The fraction of sp³-hybridized carbons (Fsp3) is 0.333. The van der Waals surface area contributed by atoms with Gasteiger partial charge in [0.2, 0.25) is 5.91 Å². The van der Waals surface area contributed by atoms with Crippen molar-refractivity contribution >= 4 is 38.7 Å². The first-order chi connectivity index (χ1) is 14.2. The number of carbonyl (C=O) groups excluding carboxylic acids is 1. The minimum atomic E-state index is -0.188. The van der Waals surface area contributed by atoms with Gasteiger partial charge in [-0.15, -0.1) is 0 Å². The number of anilines is 1. The lowest BCUT2D eigenvalue weighted by Gasteiger charge is -2.06. The number of hydrogen-bond acceptors (Lipinski definition) is 4. The molecule has 0 aliphatic heterocycles. The van der Waals surface area contributed by atoms with Gasteiger partial charge in [0.1, 0.15) is 5.75 Å². The van der Waals surface area contributed by atoms with Gasteiger partial charge in [-0.2, -0.15) is 0 Å². The molecule has 4 nitrogen and oxygen atoms in total. The maximum absolute atomic E-state index is 12.1. The summed E-state index contributed by atoms with van der Waals surface area (Å²) in [6, 6.07) is 15.6. The zero-order valence-corrected chi connectivity index (χ0v) is 17.7. The second kappa shape index (κ2) is 11.4. The summed E-state index contributed by atoms with van der Waals surface area (Å²) in [5, 5.41) is 3.43. The predicted molar refractivity (Wildman–Crippen MR) is 123 cm³/mol. The summed E-state index contributed by atoms with van der Waals surface area (Å²) in [5.74, 6) is 0.682. The van der Waals surface area contributed by atoms with Crippen LogP contribution in [-0.4, -0.2) is 17.5 Å². The topological polar surface area (TPSA) is 51.2 Å². The highest BCUT2D eigenvalue weighted by Crippen LogP contribution is 2.25. The second-order valence-electron chi connectivity index (χ2n) is 6.99. The average Bonchev–Trinajstić information content (AvgIpc) is 3.14. The summed E-state index contributed by atoms with van der Waals surface area (Å²) in [7, 11) is 0. The highest BCUT2D eigenvalue weighted by Gasteiger charge is 2.05. The number of carbonyl (C=O) groups is 1. The predicted octanol–water partition coefficient (Wildman–Crippen LogP) is 6.69. The number of nitrogens with zero attached hydrogens (tertiary/aromatic N) is 1. The normalized spacial score (nSPS) is 11.2. The summed E-state index contributed by atoms with van der Waals surface area (Å²) in [5.41, 5.74) is 1.85. The lowest BCUT2D eigenvalue weighted by molar-refractivity contribution is -0.111. The van der Waals surface area contributed by atoms with E-state index >= 15 is 0 Å². The van der Waals surface area contributed by atoms with Crippen LogP contribution < -0.4 is 10.1 Å². The molecule has 0 spiro atoms. The Bertz CT molecular complexity index is 898. The van der Waals surface area contributed by atoms with E-state index in [0.29, 0.717) is 5.13 Å². The Morgan fingerprint density at radius 3 is 2.59 bits per heavy atom. The fourth-order valence-corrected chi connectivity index (χ4v) is 3.86. The van der Waals surface area contributed by atoms with Gasteiger partial charge in [0.05, 0.1) is 16.8 Å². The molecule has 1 heterocycles. The summed E-state index contributed by atoms with van der Waals surface area (Å²) < 4.78 is 6.85. The van der Waals surface area contributed by atoms with Crippen LogP contribution in [0.3, 0.4) is 0 Å². The van der Waals surface area contributed by atoms with Gasteiger partial charge in [0, 0.05) is 6.08 Å². The molecule has 5 heteroatoms. The maximum Gasteiger partial charge on any atom is 0.250 e. The first-order valence-corrected chi connectivity index (χ1v) is 11.1. The van der Waals surface area contributed by atoms with E-state index in [4.69, 9.17) is 4.74 Å². The van der Waals surface area contributed by atoms with Gasteiger partial charge in [-0.1, -0.05) is 74.6 Å². The summed E-state index contributed by atoms with van der Waals surface area (Å²) in [6.07, 6.45) is 10.9. The van der Waals surface area contributed by atoms with Crippen LogP contribution in [0.2, 0.25) is 0 Å². The van der Waals surface area contributed by atoms with Gasteiger partial charge in [0.15, 0.2) is 5.13 Å². The van der Waals surface area contributed by atoms with Crippen molar-refractivity contribution in [3.8, 4) is 5.75 Å². The minimum absolute atomic E-state index is 0.188. The smallest absolute Gasteiger partial charge is 0.250 e.